The number of aromatic nitrogens is 1. The summed E-state index contributed by atoms with van der Waals surface area (Å²) in [7, 11) is 0. The summed E-state index contributed by atoms with van der Waals surface area (Å²) < 4.78 is 6.83. The van der Waals surface area contributed by atoms with Gasteiger partial charge in [-0.05, 0) is 55.9 Å². The van der Waals surface area contributed by atoms with E-state index in [0.29, 0.717) is 31.5 Å². The topological polar surface area (TPSA) is 67.5 Å². The Labute approximate surface area is 167 Å². The van der Waals surface area contributed by atoms with Crippen molar-refractivity contribution in [2.75, 3.05) is 19.6 Å². The number of fused-ring (bicyclic) bond motifs is 1. The van der Waals surface area contributed by atoms with Crippen LogP contribution in [-0.2, 0) is 11.3 Å². The predicted octanol–water partition coefficient (Wildman–Crippen LogP) is 3.39. The quantitative estimate of drug-likeness (QED) is 0.630. The Morgan fingerprint density at radius 3 is 2.79 bits per heavy atom. The molecule has 1 fully saturated rings. The summed E-state index contributed by atoms with van der Waals surface area (Å²) in [5.74, 6) is -0.338. The molecule has 0 aliphatic carbocycles. The largest absolute Gasteiger partial charge is 0.419 e. The first-order valence-corrected chi connectivity index (χ1v) is 10.7. The zero-order valence-electron chi connectivity index (χ0n) is 15.8. The first-order valence-electron chi connectivity index (χ1n) is 9.85. The number of aryl methyl sites for hydroxylation is 1. The van der Waals surface area contributed by atoms with E-state index < -0.39 is 0 Å². The fourth-order valence-electron chi connectivity index (χ4n) is 3.87. The lowest BCUT2D eigenvalue weighted by atomic mass is 10.2. The Morgan fingerprint density at radius 1 is 1.18 bits per heavy atom. The fraction of sp³-hybridized carbons (Fsp3) is 0.429. The third-order valence-electron chi connectivity index (χ3n) is 5.30. The summed E-state index contributed by atoms with van der Waals surface area (Å²) in [5.41, 5.74) is 1.36. The molecule has 7 heteroatoms. The van der Waals surface area contributed by atoms with Gasteiger partial charge in [-0.3, -0.25) is 14.3 Å². The third kappa shape index (κ3) is 4.20. The van der Waals surface area contributed by atoms with Gasteiger partial charge in [-0.15, -0.1) is 11.3 Å². The zero-order chi connectivity index (χ0) is 19.3. The first-order chi connectivity index (χ1) is 13.7. The number of rotatable bonds is 8. The van der Waals surface area contributed by atoms with Crippen LogP contribution in [0.2, 0.25) is 0 Å². The summed E-state index contributed by atoms with van der Waals surface area (Å²) in [4.78, 5) is 28.1. The molecule has 1 saturated heterocycles. The highest BCUT2D eigenvalue weighted by Crippen LogP contribution is 2.27. The van der Waals surface area contributed by atoms with Crippen LogP contribution >= 0.6 is 11.3 Å². The van der Waals surface area contributed by atoms with Crippen LogP contribution in [0.3, 0.4) is 0 Å². The van der Waals surface area contributed by atoms with Gasteiger partial charge in [0.25, 0.3) is 0 Å². The van der Waals surface area contributed by atoms with E-state index in [-0.39, 0.29) is 17.7 Å². The predicted molar refractivity (Wildman–Crippen MR) is 111 cm³/mol. The van der Waals surface area contributed by atoms with Gasteiger partial charge in [0, 0.05) is 24.4 Å². The normalized spacial score (nSPS) is 15.9. The van der Waals surface area contributed by atoms with Crippen molar-refractivity contribution in [2.45, 2.75) is 38.3 Å². The van der Waals surface area contributed by atoms with Crippen LogP contribution in [0.4, 0.5) is 0 Å². The Hall–Kier alpha value is -2.38. The van der Waals surface area contributed by atoms with Crippen molar-refractivity contribution in [3.63, 3.8) is 0 Å². The smallest absolute Gasteiger partial charge is 0.408 e. The number of hydrogen-bond acceptors (Lipinski definition) is 5. The van der Waals surface area contributed by atoms with Crippen molar-refractivity contribution in [3.05, 3.63) is 57.2 Å². The van der Waals surface area contributed by atoms with E-state index in [1.807, 2.05) is 18.2 Å². The summed E-state index contributed by atoms with van der Waals surface area (Å²) in [5, 5.41) is 5.19. The van der Waals surface area contributed by atoms with Gasteiger partial charge in [0.05, 0.1) is 11.6 Å². The Bertz CT molecular complexity index is 970. The summed E-state index contributed by atoms with van der Waals surface area (Å²) in [6.45, 7) is 3.29. The molecule has 4 rings (SSSR count). The molecule has 1 amide bonds. The molecular weight excluding hydrogens is 374 g/mol. The van der Waals surface area contributed by atoms with E-state index in [1.165, 1.54) is 17.7 Å². The highest BCUT2D eigenvalue weighted by molar-refractivity contribution is 7.10. The van der Waals surface area contributed by atoms with Gasteiger partial charge in [0.15, 0.2) is 5.58 Å². The molecule has 28 heavy (non-hydrogen) atoms. The van der Waals surface area contributed by atoms with E-state index in [0.717, 1.165) is 18.6 Å². The molecule has 0 spiro atoms. The molecule has 0 bridgehead atoms. The number of hydrogen-bond donors (Lipinski definition) is 1. The van der Waals surface area contributed by atoms with Gasteiger partial charge in [-0.25, -0.2) is 4.79 Å². The molecule has 1 aliphatic heterocycles. The lowest BCUT2D eigenvalue weighted by Gasteiger charge is -2.26. The van der Waals surface area contributed by atoms with Crippen molar-refractivity contribution >= 4 is 28.3 Å². The van der Waals surface area contributed by atoms with Crippen LogP contribution in [0.25, 0.3) is 11.1 Å². The number of likely N-dealkylation sites (tertiary alicyclic amines) is 1. The number of para-hydroxylation sites is 2. The molecule has 1 atom stereocenters. The number of carbonyl (C=O) groups excluding carboxylic acids is 1. The second-order valence-corrected chi connectivity index (χ2v) is 8.15. The third-order valence-corrected chi connectivity index (χ3v) is 6.28. The molecule has 3 heterocycles. The Kier molecular flexibility index (Phi) is 5.92. The average molecular weight is 400 g/mol. The fourth-order valence-corrected chi connectivity index (χ4v) is 4.73. The molecule has 0 saturated carbocycles. The first kappa shape index (κ1) is 19.0. The van der Waals surface area contributed by atoms with E-state index >= 15 is 0 Å². The highest BCUT2D eigenvalue weighted by Gasteiger charge is 2.24. The minimum atomic E-state index is -0.367. The molecule has 6 nitrogen and oxygen atoms in total. The van der Waals surface area contributed by atoms with Crippen molar-refractivity contribution in [3.8, 4) is 0 Å². The summed E-state index contributed by atoms with van der Waals surface area (Å²) in [6.07, 6.45) is 3.44. The van der Waals surface area contributed by atoms with Gasteiger partial charge < -0.3 is 9.73 Å². The van der Waals surface area contributed by atoms with Crippen LogP contribution < -0.4 is 11.1 Å². The number of nitrogens with zero attached hydrogens (tertiary/aromatic N) is 2. The maximum Gasteiger partial charge on any atom is 0.419 e. The molecule has 0 radical (unpaired) electrons. The molecular formula is C21H25N3O3S. The lowest BCUT2D eigenvalue weighted by molar-refractivity contribution is -0.121. The van der Waals surface area contributed by atoms with Crippen LogP contribution in [0.15, 0.2) is 51.0 Å². The van der Waals surface area contributed by atoms with Crippen molar-refractivity contribution < 1.29 is 9.21 Å². The number of oxazole rings is 1. The monoisotopic (exact) mass is 399 g/mol. The van der Waals surface area contributed by atoms with Crippen LogP contribution in [0.1, 0.15) is 36.6 Å². The Balaban J connectivity index is 1.30. The highest BCUT2D eigenvalue weighted by atomic mass is 32.1. The van der Waals surface area contributed by atoms with Gasteiger partial charge >= 0.3 is 5.76 Å². The number of amides is 1. The minimum Gasteiger partial charge on any atom is -0.408 e. The second-order valence-electron chi connectivity index (χ2n) is 7.17. The molecule has 3 aromatic rings. The van der Waals surface area contributed by atoms with Crippen LogP contribution in [-0.4, -0.2) is 35.0 Å². The molecule has 148 valence electrons. The Morgan fingerprint density at radius 2 is 2.00 bits per heavy atom. The molecule has 1 N–H and O–H groups in total. The maximum atomic E-state index is 12.4. The van der Waals surface area contributed by atoms with Crippen molar-refractivity contribution in [1.82, 2.24) is 14.8 Å². The van der Waals surface area contributed by atoms with Crippen molar-refractivity contribution in [2.24, 2.45) is 0 Å². The number of thiophene rings is 1. The van der Waals surface area contributed by atoms with E-state index in [1.54, 1.807) is 22.0 Å². The number of nitrogens with one attached hydrogen (secondary N) is 1. The molecule has 1 aromatic carbocycles. The summed E-state index contributed by atoms with van der Waals surface area (Å²) >= 11 is 1.75. The maximum absolute atomic E-state index is 12.4. The van der Waals surface area contributed by atoms with E-state index in [4.69, 9.17) is 4.42 Å². The van der Waals surface area contributed by atoms with Crippen LogP contribution in [0, 0.1) is 0 Å². The second kappa shape index (κ2) is 8.75. The SMILES string of the molecule is O=C(CCCn1c(=O)oc2ccccc21)NCC(c1cccs1)N1CCCC1. The van der Waals surface area contributed by atoms with E-state index in [9.17, 15) is 9.59 Å². The van der Waals surface area contributed by atoms with Crippen LogP contribution in [0.5, 0.6) is 0 Å². The standard InChI is InChI=1S/C21H25N3O3S/c25-20(10-5-13-24-16-7-1-2-8-18(16)27-21(24)26)22-15-17(19-9-6-14-28-19)23-11-3-4-12-23/h1-2,6-9,14,17H,3-5,10-13,15H2,(H,22,25). The molecule has 1 unspecified atom stereocenters. The zero-order valence-corrected chi connectivity index (χ0v) is 16.6. The van der Waals surface area contributed by atoms with Gasteiger partial charge in [0.2, 0.25) is 5.91 Å². The lowest BCUT2D eigenvalue weighted by Crippen LogP contribution is -2.36. The van der Waals surface area contributed by atoms with Crippen molar-refractivity contribution in [1.29, 1.82) is 0 Å². The van der Waals surface area contributed by atoms with E-state index in [2.05, 4.69) is 27.7 Å². The van der Waals surface area contributed by atoms with Gasteiger partial charge in [-0.2, -0.15) is 0 Å². The van der Waals surface area contributed by atoms with Gasteiger partial charge in [-0.1, -0.05) is 18.2 Å². The average Bonchev–Trinajstić information content (AvgIpc) is 3.44. The molecule has 1 aliphatic rings. The minimum absolute atomic E-state index is 0.0293. The molecule has 2 aromatic heterocycles. The number of benzene rings is 1. The summed E-state index contributed by atoms with van der Waals surface area (Å²) in [6, 6.07) is 11.8. The number of carbonyl (C=O) groups is 1. The van der Waals surface area contributed by atoms with Gasteiger partial charge in [0.1, 0.15) is 0 Å².